The first-order valence-corrected chi connectivity index (χ1v) is 4.91. The summed E-state index contributed by atoms with van der Waals surface area (Å²) in [6.45, 7) is -0.107. The SMILES string of the molecule is COc1ccc(Br)c2cc(CO)oc12.[Na]. The van der Waals surface area contributed by atoms with E-state index in [1.165, 1.54) is 0 Å². The predicted molar refractivity (Wildman–Crippen MR) is 62.1 cm³/mol. The van der Waals surface area contributed by atoms with Gasteiger partial charge in [-0.25, -0.2) is 0 Å². The first kappa shape index (κ1) is 13.1. The van der Waals surface area contributed by atoms with Gasteiger partial charge in [0.15, 0.2) is 11.3 Å². The van der Waals surface area contributed by atoms with Crippen molar-refractivity contribution in [2.45, 2.75) is 6.61 Å². The van der Waals surface area contributed by atoms with Crippen LogP contribution in [0.1, 0.15) is 5.76 Å². The number of ether oxygens (including phenoxy) is 1. The van der Waals surface area contributed by atoms with E-state index in [1.54, 1.807) is 13.2 Å². The molecule has 1 aromatic carbocycles. The molecule has 75 valence electrons. The van der Waals surface area contributed by atoms with Crippen LogP contribution in [0.15, 0.2) is 27.1 Å². The van der Waals surface area contributed by atoms with Gasteiger partial charge in [-0.05, 0) is 18.2 Å². The molecule has 15 heavy (non-hydrogen) atoms. The molecule has 0 aliphatic rings. The molecule has 0 saturated heterocycles. The molecule has 3 nitrogen and oxygen atoms in total. The molecule has 0 fully saturated rings. The minimum atomic E-state index is -0.107. The minimum Gasteiger partial charge on any atom is -0.493 e. The van der Waals surface area contributed by atoms with Crippen LogP contribution in [0.3, 0.4) is 0 Å². The number of fused-ring (bicyclic) bond motifs is 1. The molecule has 0 bridgehead atoms. The Morgan fingerprint density at radius 1 is 1.47 bits per heavy atom. The monoisotopic (exact) mass is 279 g/mol. The van der Waals surface area contributed by atoms with Crippen LogP contribution in [-0.4, -0.2) is 41.8 Å². The second-order valence-electron chi connectivity index (χ2n) is 2.86. The van der Waals surface area contributed by atoms with Crippen molar-refractivity contribution in [3.8, 4) is 5.75 Å². The van der Waals surface area contributed by atoms with E-state index in [0.29, 0.717) is 17.1 Å². The summed E-state index contributed by atoms with van der Waals surface area (Å²) in [7, 11) is 1.59. The van der Waals surface area contributed by atoms with Gasteiger partial charge in [-0.3, -0.25) is 0 Å². The molecule has 0 unspecified atom stereocenters. The first-order valence-electron chi connectivity index (χ1n) is 4.12. The van der Waals surface area contributed by atoms with E-state index in [-0.39, 0.29) is 36.2 Å². The molecule has 1 N–H and O–H groups in total. The summed E-state index contributed by atoms with van der Waals surface area (Å²) in [6.07, 6.45) is 0. The number of benzene rings is 1. The van der Waals surface area contributed by atoms with Crippen molar-refractivity contribution in [3.05, 3.63) is 28.4 Å². The maximum absolute atomic E-state index is 8.94. The molecule has 5 heteroatoms. The van der Waals surface area contributed by atoms with Crippen LogP contribution >= 0.6 is 15.9 Å². The average molecular weight is 280 g/mol. The van der Waals surface area contributed by atoms with E-state index < -0.39 is 0 Å². The molecule has 0 aliphatic heterocycles. The van der Waals surface area contributed by atoms with Gasteiger partial charge in [-0.15, -0.1) is 0 Å². The molecule has 0 amide bonds. The Bertz CT molecular complexity index is 467. The minimum absolute atomic E-state index is 0. The second-order valence-corrected chi connectivity index (χ2v) is 3.72. The first-order chi connectivity index (χ1) is 6.76. The van der Waals surface area contributed by atoms with Crippen LogP contribution in [0.4, 0.5) is 0 Å². The van der Waals surface area contributed by atoms with Crippen LogP contribution in [0.5, 0.6) is 5.75 Å². The fraction of sp³-hybridized carbons (Fsp3) is 0.200. The number of aliphatic hydroxyl groups is 1. The van der Waals surface area contributed by atoms with Gasteiger partial charge in [0.25, 0.3) is 0 Å². The normalized spacial score (nSPS) is 10.1. The Morgan fingerprint density at radius 3 is 2.80 bits per heavy atom. The second kappa shape index (κ2) is 5.37. The third kappa shape index (κ3) is 2.40. The standard InChI is InChI=1S/C10H9BrO3.Na/c1-13-9-3-2-8(11)7-4-6(5-12)14-10(7)9;/h2-4,12H,5H2,1H3;. The van der Waals surface area contributed by atoms with Gasteiger partial charge >= 0.3 is 0 Å². The van der Waals surface area contributed by atoms with Gasteiger partial charge < -0.3 is 14.3 Å². The molecule has 2 aromatic rings. The number of furan rings is 1. The molecule has 1 aromatic heterocycles. The molecular formula is C10H9BrNaO3. The van der Waals surface area contributed by atoms with Gasteiger partial charge in [0.2, 0.25) is 0 Å². The predicted octanol–water partition coefficient (Wildman–Crippen LogP) is 2.32. The number of hydrogen-bond acceptors (Lipinski definition) is 3. The van der Waals surface area contributed by atoms with E-state index in [9.17, 15) is 0 Å². The number of aliphatic hydroxyl groups excluding tert-OH is 1. The van der Waals surface area contributed by atoms with Crippen molar-refractivity contribution in [2.75, 3.05) is 7.11 Å². The van der Waals surface area contributed by atoms with Crippen LogP contribution in [0.25, 0.3) is 11.0 Å². The van der Waals surface area contributed by atoms with Gasteiger partial charge in [-0.1, -0.05) is 15.9 Å². The van der Waals surface area contributed by atoms with E-state index >= 15 is 0 Å². The Morgan fingerprint density at radius 2 is 2.20 bits per heavy atom. The summed E-state index contributed by atoms with van der Waals surface area (Å²) in [6, 6.07) is 5.50. The molecule has 0 atom stereocenters. The maximum atomic E-state index is 8.94. The zero-order valence-electron chi connectivity index (χ0n) is 8.58. The molecule has 1 heterocycles. The fourth-order valence-electron chi connectivity index (χ4n) is 1.36. The largest absolute Gasteiger partial charge is 0.493 e. The summed E-state index contributed by atoms with van der Waals surface area (Å²) in [5.41, 5.74) is 0.658. The summed E-state index contributed by atoms with van der Waals surface area (Å²) in [5, 5.41) is 9.85. The number of rotatable bonds is 2. The zero-order chi connectivity index (χ0) is 10.1. The van der Waals surface area contributed by atoms with Gasteiger partial charge in [-0.2, -0.15) is 0 Å². The summed E-state index contributed by atoms with van der Waals surface area (Å²) in [4.78, 5) is 0. The zero-order valence-corrected chi connectivity index (χ0v) is 12.2. The summed E-state index contributed by atoms with van der Waals surface area (Å²) >= 11 is 3.41. The van der Waals surface area contributed by atoms with Crippen LogP contribution in [0, 0.1) is 0 Å². The molecule has 0 spiro atoms. The van der Waals surface area contributed by atoms with Gasteiger partial charge in [0.05, 0.1) is 7.11 Å². The third-order valence-electron chi connectivity index (χ3n) is 2.02. The third-order valence-corrected chi connectivity index (χ3v) is 2.71. The topological polar surface area (TPSA) is 42.6 Å². The summed E-state index contributed by atoms with van der Waals surface area (Å²) < 4.78 is 11.5. The van der Waals surface area contributed by atoms with E-state index in [4.69, 9.17) is 14.3 Å². The molecule has 1 radical (unpaired) electrons. The summed E-state index contributed by atoms with van der Waals surface area (Å²) in [5.74, 6) is 1.20. The number of hydrogen-bond donors (Lipinski definition) is 1. The molecule has 0 saturated carbocycles. The van der Waals surface area contributed by atoms with E-state index in [0.717, 1.165) is 9.86 Å². The van der Waals surface area contributed by atoms with Crippen LogP contribution < -0.4 is 4.74 Å². The van der Waals surface area contributed by atoms with Crippen molar-refractivity contribution in [3.63, 3.8) is 0 Å². The molecular weight excluding hydrogens is 271 g/mol. The molecule has 2 rings (SSSR count). The van der Waals surface area contributed by atoms with Crippen molar-refractivity contribution < 1.29 is 14.3 Å². The van der Waals surface area contributed by atoms with Crippen molar-refractivity contribution >= 4 is 56.5 Å². The fourth-order valence-corrected chi connectivity index (χ4v) is 1.78. The van der Waals surface area contributed by atoms with E-state index in [2.05, 4.69) is 15.9 Å². The number of halogens is 1. The Hall–Kier alpha value is 0. The van der Waals surface area contributed by atoms with Gasteiger partial charge in [0.1, 0.15) is 12.4 Å². The van der Waals surface area contributed by atoms with Crippen molar-refractivity contribution in [1.82, 2.24) is 0 Å². The van der Waals surface area contributed by atoms with Crippen LogP contribution in [-0.2, 0) is 6.61 Å². The number of methoxy groups -OCH3 is 1. The quantitative estimate of drug-likeness (QED) is 0.858. The van der Waals surface area contributed by atoms with E-state index in [1.807, 2.05) is 12.1 Å². The Labute approximate surface area is 118 Å². The molecule has 0 aliphatic carbocycles. The Kier molecular flexibility index (Phi) is 4.67. The maximum Gasteiger partial charge on any atom is 0.177 e. The average Bonchev–Trinajstić information content (AvgIpc) is 2.63. The van der Waals surface area contributed by atoms with Gasteiger partial charge in [0, 0.05) is 39.4 Å². The Balaban J connectivity index is 0.00000112. The smallest absolute Gasteiger partial charge is 0.177 e. The van der Waals surface area contributed by atoms with Crippen LogP contribution in [0.2, 0.25) is 0 Å². The van der Waals surface area contributed by atoms with Crippen molar-refractivity contribution in [2.24, 2.45) is 0 Å². The van der Waals surface area contributed by atoms with Crippen molar-refractivity contribution in [1.29, 1.82) is 0 Å².